The van der Waals surface area contributed by atoms with Gasteiger partial charge in [0.2, 0.25) is 0 Å². The number of carbonyl (C=O) groups is 4. The van der Waals surface area contributed by atoms with Crippen LogP contribution in [0.4, 0.5) is 4.79 Å². The van der Waals surface area contributed by atoms with Gasteiger partial charge in [0, 0.05) is 68.1 Å². The molecule has 0 aliphatic carbocycles. The van der Waals surface area contributed by atoms with Crippen LogP contribution in [0.5, 0.6) is 0 Å². The molecule has 5 rings (SSSR count). The second-order valence-electron chi connectivity index (χ2n) is 17.4. The highest BCUT2D eigenvalue weighted by Gasteiger charge is 2.60. The molecule has 2 aromatic rings. The molecule has 0 bridgehead atoms. The maximum atomic E-state index is 14.7. The second kappa shape index (κ2) is 19.3. The minimum atomic E-state index is -1.40. The minimum absolute atomic E-state index is 0.131. The summed E-state index contributed by atoms with van der Waals surface area (Å²) in [6.45, 7) is 17.7. The van der Waals surface area contributed by atoms with Gasteiger partial charge in [-0.2, -0.15) is 0 Å². The second-order valence-corrected chi connectivity index (χ2v) is 17.4. The zero-order chi connectivity index (χ0) is 43.4. The van der Waals surface area contributed by atoms with Gasteiger partial charge in [0.25, 0.3) is 0 Å². The fraction of sp³-hybridized carbons (Fsp3) is 0.727. The molecule has 3 aliphatic heterocycles. The van der Waals surface area contributed by atoms with Crippen molar-refractivity contribution >= 4 is 23.6 Å². The zero-order valence-electron chi connectivity index (χ0n) is 36.8. The van der Waals surface area contributed by atoms with Crippen molar-refractivity contribution in [1.29, 1.82) is 0 Å². The SMILES string of the molecule is CC[C@H]1OC(=O)[C@H](C)C(=O)C(C)[C@@H](O[C@@H]2O[C@H](C)C[C@H](N(C)CC)[C@H]2O)[C@](C)(OC)C[C@@H](C)C(=O)[C@H](C)[C@H]2N(CCCCn3cnc(-c4cccnc4)c3)C(=O)O[C@]12C. The number of hydrogen-bond acceptors (Lipinski definition) is 13. The number of hydrogen-bond donors (Lipinski definition) is 1. The third-order valence-electron chi connectivity index (χ3n) is 13.2. The van der Waals surface area contributed by atoms with Gasteiger partial charge >= 0.3 is 12.1 Å². The van der Waals surface area contributed by atoms with Crippen molar-refractivity contribution in [2.45, 2.75) is 155 Å². The summed E-state index contributed by atoms with van der Waals surface area (Å²) in [4.78, 5) is 69.3. The molecule has 15 heteroatoms. The fourth-order valence-corrected chi connectivity index (χ4v) is 9.59. The molecule has 0 aromatic carbocycles. The molecular weight excluding hydrogens is 759 g/mol. The van der Waals surface area contributed by atoms with Crippen LogP contribution in [-0.4, -0.2) is 134 Å². The molecule has 59 heavy (non-hydrogen) atoms. The summed E-state index contributed by atoms with van der Waals surface area (Å²) < 4.78 is 33.3. The molecular formula is C44H67N5O10. The predicted octanol–water partition coefficient (Wildman–Crippen LogP) is 5.32. The number of nitrogens with zero attached hydrogens (tertiary/aromatic N) is 5. The predicted molar refractivity (Wildman–Crippen MR) is 219 cm³/mol. The lowest BCUT2D eigenvalue weighted by atomic mass is 9.73. The Morgan fingerprint density at radius 1 is 1.02 bits per heavy atom. The number of aryl methyl sites for hydroxylation is 1. The number of methoxy groups -OCH3 is 1. The summed E-state index contributed by atoms with van der Waals surface area (Å²) in [5, 5.41) is 11.6. The Morgan fingerprint density at radius 2 is 1.73 bits per heavy atom. The third kappa shape index (κ3) is 9.75. The van der Waals surface area contributed by atoms with E-state index in [1.807, 2.05) is 62.5 Å². The Hall–Kier alpha value is -3.76. The van der Waals surface area contributed by atoms with E-state index in [4.69, 9.17) is 23.7 Å². The van der Waals surface area contributed by atoms with E-state index in [0.717, 1.165) is 11.3 Å². The number of pyridine rings is 1. The van der Waals surface area contributed by atoms with Crippen LogP contribution in [0.2, 0.25) is 0 Å². The number of ketones is 2. The Kier molecular flexibility index (Phi) is 15.2. The number of Topliss-reactive ketones (excluding diaryl/α,β-unsaturated/α-hetero) is 2. The number of likely N-dealkylation sites (N-methyl/N-ethyl adjacent to an activating group) is 1. The Morgan fingerprint density at radius 3 is 2.37 bits per heavy atom. The van der Waals surface area contributed by atoms with Crippen molar-refractivity contribution in [1.82, 2.24) is 24.3 Å². The molecule has 0 spiro atoms. The van der Waals surface area contributed by atoms with Crippen LogP contribution in [0.1, 0.15) is 94.4 Å². The Balaban J connectivity index is 1.43. The number of unbranched alkanes of at least 4 members (excludes halogenated alkanes) is 1. The van der Waals surface area contributed by atoms with Gasteiger partial charge in [0.15, 0.2) is 17.7 Å². The first-order valence-corrected chi connectivity index (χ1v) is 21.3. The molecule has 1 unspecified atom stereocenters. The molecule has 13 atom stereocenters. The molecule has 1 N–H and O–H groups in total. The zero-order valence-corrected chi connectivity index (χ0v) is 36.8. The molecule has 1 amide bonds. The third-order valence-corrected chi connectivity index (χ3v) is 13.2. The summed E-state index contributed by atoms with van der Waals surface area (Å²) in [6.07, 6.45) is 4.48. The van der Waals surface area contributed by atoms with Gasteiger partial charge in [-0.1, -0.05) is 34.6 Å². The number of carbonyl (C=O) groups excluding carboxylic acids is 4. The summed E-state index contributed by atoms with van der Waals surface area (Å²) >= 11 is 0. The van der Waals surface area contributed by atoms with Crippen LogP contribution in [0.15, 0.2) is 37.1 Å². The summed E-state index contributed by atoms with van der Waals surface area (Å²) in [5.74, 6) is -4.95. The number of rotatable bonds is 12. The van der Waals surface area contributed by atoms with Gasteiger partial charge < -0.3 is 43.2 Å². The number of amides is 1. The molecule has 3 aliphatic rings. The van der Waals surface area contributed by atoms with Gasteiger partial charge in [-0.05, 0) is 85.5 Å². The topological polar surface area (TPSA) is 172 Å². The number of esters is 1. The molecule has 5 heterocycles. The fourth-order valence-electron chi connectivity index (χ4n) is 9.59. The van der Waals surface area contributed by atoms with E-state index in [1.54, 1.807) is 51.3 Å². The summed E-state index contributed by atoms with van der Waals surface area (Å²) in [5.41, 5.74) is -0.939. The molecule has 0 radical (unpaired) electrons. The average Bonchev–Trinajstić information content (AvgIpc) is 3.80. The lowest BCUT2D eigenvalue weighted by molar-refractivity contribution is -0.296. The maximum Gasteiger partial charge on any atom is 0.410 e. The first-order chi connectivity index (χ1) is 27.9. The molecule has 0 saturated carbocycles. The number of imidazole rings is 1. The highest BCUT2D eigenvalue weighted by Crippen LogP contribution is 2.43. The van der Waals surface area contributed by atoms with Crippen molar-refractivity contribution < 1.29 is 48.0 Å². The number of fused-ring (bicyclic) bond motifs is 1. The van der Waals surface area contributed by atoms with E-state index in [0.29, 0.717) is 38.9 Å². The van der Waals surface area contributed by atoms with Gasteiger partial charge in [-0.3, -0.25) is 19.4 Å². The number of cyclic esters (lactones) is 1. The largest absolute Gasteiger partial charge is 0.458 e. The molecule has 2 aromatic heterocycles. The minimum Gasteiger partial charge on any atom is -0.458 e. The van der Waals surface area contributed by atoms with Gasteiger partial charge in [-0.15, -0.1) is 0 Å². The highest BCUT2D eigenvalue weighted by atomic mass is 16.7. The van der Waals surface area contributed by atoms with Gasteiger partial charge in [0.05, 0.1) is 35.9 Å². The number of aromatic nitrogens is 3. The molecule has 3 fully saturated rings. The average molecular weight is 826 g/mol. The van der Waals surface area contributed by atoms with Crippen molar-refractivity contribution in [3.05, 3.63) is 37.1 Å². The Bertz CT molecular complexity index is 1760. The van der Waals surface area contributed by atoms with E-state index in [1.165, 1.54) is 14.0 Å². The maximum absolute atomic E-state index is 14.7. The van der Waals surface area contributed by atoms with Crippen LogP contribution < -0.4 is 0 Å². The first-order valence-electron chi connectivity index (χ1n) is 21.3. The molecule has 15 nitrogen and oxygen atoms in total. The van der Waals surface area contributed by atoms with Crippen molar-refractivity contribution in [2.24, 2.45) is 23.7 Å². The van der Waals surface area contributed by atoms with Gasteiger partial charge in [0.1, 0.15) is 23.9 Å². The smallest absolute Gasteiger partial charge is 0.410 e. The Labute approximate surface area is 349 Å². The van der Waals surface area contributed by atoms with E-state index >= 15 is 0 Å². The van der Waals surface area contributed by atoms with E-state index < -0.39 is 83.4 Å². The standard InChI is InChI=1S/C44H67N5O10/c1-12-34-44(9)38(49(42(54)59-44)20-15-14-19-48-24-32(46-25-48)31-17-16-18-45-23-31)28(5)35(50)26(3)22-43(8,55-11)39(29(6)36(51)30(7)40(53)57-34)58-41-37(52)33(47(10)13-2)21-27(4)56-41/h16-18,23-30,33-34,37-39,41,52H,12-15,19-22H2,1-11H3/t26-,27-,28+,29?,30-,33+,34-,37-,38-,39-,41+,43-,44-/m1/s1. The van der Waals surface area contributed by atoms with Crippen molar-refractivity contribution in [2.75, 3.05) is 27.2 Å². The van der Waals surface area contributed by atoms with Crippen molar-refractivity contribution in [3.8, 4) is 11.3 Å². The van der Waals surface area contributed by atoms with Crippen LogP contribution in [-0.2, 0) is 44.6 Å². The van der Waals surface area contributed by atoms with Crippen LogP contribution in [0.25, 0.3) is 11.3 Å². The first kappa shape index (κ1) is 46.3. The lowest BCUT2D eigenvalue weighted by Gasteiger charge is -2.47. The summed E-state index contributed by atoms with van der Waals surface area (Å²) in [6, 6.07) is 2.76. The highest BCUT2D eigenvalue weighted by molar-refractivity contribution is 6.00. The monoisotopic (exact) mass is 825 g/mol. The summed E-state index contributed by atoms with van der Waals surface area (Å²) in [7, 11) is 3.43. The van der Waals surface area contributed by atoms with E-state index in [-0.39, 0.29) is 30.8 Å². The van der Waals surface area contributed by atoms with Crippen LogP contribution in [0, 0.1) is 23.7 Å². The molecule has 3 saturated heterocycles. The normalized spacial score (nSPS) is 36.3. The van der Waals surface area contributed by atoms with Crippen LogP contribution in [0.3, 0.4) is 0 Å². The number of aliphatic hydroxyl groups excluding tert-OH is 1. The number of ether oxygens (including phenoxy) is 5. The quantitative estimate of drug-likeness (QED) is 0.166. The van der Waals surface area contributed by atoms with Crippen molar-refractivity contribution in [3.63, 3.8) is 0 Å². The van der Waals surface area contributed by atoms with E-state index in [2.05, 4.69) is 9.97 Å². The number of aliphatic hydroxyl groups is 1. The van der Waals surface area contributed by atoms with E-state index in [9.17, 15) is 24.3 Å². The van der Waals surface area contributed by atoms with Crippen LogP contribution >= 0.6 is 0 Å². The lowest BCUT2D eigenvalue weighted by Crippen LogP contribution is -2.60. The van der Waals surface area contributed by atoms with Gasteiger partial charge in [-0.25, -0.2) is 9.78 Å². The molecule has 328 valence electrons.